The zero-order valence-corrected chi connectivity index (χ0v) is 18.8. The Morgan fingerprint density at radius 1 is 1.16 bits per heavy atom. The Kier molecular flexibility index (Phi) is 7.12. The van der Waals surface area contributed by atoms with E-state index in [4.69, 9.17) is 4.74 Å². The third-order valence-corrected chi connectivity index (χ3v) is 5.57. The van der Waals surface area contributed by atoms with Gasteiger partial charge in [0.05, 0.1) is 11.3 Å². The summed E-state index contributed by atoms with van der Waals surface area (Å²) in [6, 6.07) is 10.4. The normalized spacial score (nSPS) is 12.5. The van der Waals surface area contributed by atoms with Crippen molar-refractivity contribution in [2.24, 2.45) is 7.05 Å². The van der Waals surface area contributed by atoms with Gasteiger partial charge in [-0.15, -0.1) is 10.2 Å². The van der Waals surface area contributed by atoms with Crippen LogP contribution in [0.25, 0.3) is 0 Å². The van der Waals surface area contributed by atoms with E-state index in [0.717, 1.165) is 40.8 Å². The van der Waals surface area contributed by atoms with Crippen molar-refractivity contribution in [3.8, 4) is 5.75 Å². The number of carbonyl (C=O) groups excluding carboxylic acids is 1. The molecule has 0 aliphatic carbocycles. The van der Waals surface area contributed by atoms with E-state index in [2.05, 4.69) is 21.6 Å². The number of benzene rings is 2. The van der Waals surface area contributed by atoms with E-state index < -0.39 is 17.6 Å². The summed E-state index contributed by atoms with van der Waals surface area (Å²) >= 11 is 1.13. The van der Waals surface area contributed by atoms with Gasteiger partial charge in [-0.3, -0.25) is 4.79 Å². The molecule has 3 aromatic rings. The lowest BCUT2D eigenvalue weighted by Crippen LogP contribution is -2.15. The fourth-order valence-corrected chi connectivity index (χ4v) is 3.88. The Morgan fingerprint density at radius 2 is 1.84 bits per heavy atom. The predicted molar refractivity (Wildman–Crippen MR) is 117 cm³/mol. The SMILES string of the molecule is Cc1cc(C)cc(OC(C)c2nnc(SCC(=O)Nc3cccc(C(F)(F)F)c3)n2C)c1. The van der Waals surface area contributed by atoms with E-state index >= 15 is 0 Å². The molecular weight excluding hydrogens is 441 g/mol. The van der Waals surface area contributed by atoms with E-state index in [0.29, 0.717) is 11.0 Å². The molecule has 32 heavy (non-hydrogen) atoms. The molecule has 2 aromatic carbocycles. The van der Waals surface area contributed by atoms with Gasteiger partial charge < -0.3 is 14.6 Å². The van der Waals surface area contributed by atoms with E-state index in [-0.39, 0.29) is 17.5 Å². The monoisotopic (exact) mass is 464 g/mol. The molecule has 3 rings (SSSR count). The number of nitrogens with one attached hydrogen (secondary N) is 1. The summed E-state index contributed by atoms with van der Waals surface area (Å²) in [5.74, 6) is 0.838. The summed E-state index contributed by atoms with van der Waals surface area (Å²) in [5.41, 5.74) is 1.44. The van der Waals surface area contributed by atoms with Crippen LogP contribution in [0.1, 0.15) is 35.5 Å². The van der Waals surface area contributed by atoms with Gasteiger partial charge in [0, 0.05) is 12.7 Å². The molecule has 0 bridgehead atoms. The molecule has 1 N–H and O–H groups in total. The highest BCUT2D eigenvalue weighted by atomic mass is 32.2. The third kappa shape index (κ3) is 6.03. The highest BCUT2D eigenvalue weighted by Gasteiger charge is 2.30. The second-order valence-corrected chi connectivity index (χ2v) is 8.34. The topological polar surface area (TPSA) is 69.0 Å². The molecule has 10 heteroatoms. The van der Waals surface area contributed by atoms with Gasteiger partial charge in [0.15, 0.2) is 17.1 Å². The smallest absolute Gasteiger partial charge is 0.416 e. The molecule has 1 heterocycles. The molecule has 170 valence electrons. The van der Waals surface area contributed by atoms with Crippen molar-refractivity contribution in [3.63, 3.8) is 0 Å². The number of alkyl halides is 3. The fraction of sp³-hybridized carbons (Fsp3) is 0.318. The molecule has 0 saturated heterocycles. The molecule has 0 radical (unpaired) electrons. The van der Waals surface area contributed by atoms with E-state index in [1.54, 1.807) is 11.6 Å². The van der Waals surface area contributed by atoms with Crippen LogP contribution >= 0.6 is 11.8 Å². The Labute approximate surface area is 188 Å². The zero-order chi connectivity index (χ0) is 23.5. The Hall–Kier alpha value is -3.01. The largest absolute Gasteiger partial charge is 0.483 e. The minimum atomic E-state index is -4.47. The third-order valence-electron chi connectivity index (χ3n) is 4.55. The number of anilines is 1. The molecule has 1 atom stereocenters. The number of halogens is 3. The van der Waals surface area contributed by atoms with Crippen LogP contribution in [0.15, 0.2) is 47.6 Å². The number of hydrogen-bond donors (Lipinski definition) is 1. The average molecular weight is 465 g/mol. The Balaban J connectivity index is 1.60. The lowest BCUT2D eigenvalue weighted by Gasteiger charge is -2.15. The second-order valence-electron chi connectivity index (χ2n) is 7.40. The van der Waals surface area contributed by atoms with Crippen molar-refractivity contribution in [1.82, 2.24) is 14.8 Å². The highest BCUT2D eigenvalue weighted by Crippen LogP contribution is 2.31. The van der Waals surface area contributed by atoms with Crippen molar-refractivity contribution in [2.45, 2.75) is 38.2 Å². The lowest BCUT2D eigenvalue weighted by molar-refractivity contribution is -0.137. The molecule has 0 spiro atoms. The molecule has 1 amide bonds. The molecule has 0 aliphatic heterocycles. The van der Waals surface area contributed by atoms with Crippen molar-refractivity contribution in [3.05, 3.63) is 65.0 Å². The quantitative estimate of drug-likeness (QED) is 0.479. The van der Waals surface area contributed by atoms with Gasteiger partial charge in [0.25, 0.3) is 0 Å². The first-order chi connectivity index (χ1) is 15.0. The number of aromatic nitrogens is 3. The number of nitrogens with zero attached hydrogens (tertiary/aromatic N) is 3. The predicted octanol–water partition coefficient (Wildman–Crippen LogP) is 5.32. The zero-order valence-electron chi connectivity index (χ0n) is 18.0. The summed E-state index contributed by atoms with van der Waals surface area (Å²) in [6.07, 6.45) is -4.84. The van der Waals surface area contributed by atoms with Crippen LogP contribution < -0.4 is 10.1 Å². The molecule has 0 fully saturated rings. The number of rotatable bonds is 7. The highest BCUT2D eigenvalue weighted by molar-refractivity contribution is 7.99. The minimum Gasteiger partial charge on any atom is -0.483 e. The Bertz CT molecular complexity index is 1090. The molecule has 0 saturated carbocycles. The number of thioether (sulfide) groups is 1. The van der Waals surface area contributed by atoms with Crippen LogP contribution in [0.5, 0.6) is 5.75 Å². The van der Waals surface area contributed by atoms with Gasteiger partial charge in [-0.25, -0.2) is 0 Å². The second kappa shape index (κ2) is 9.64. The van der Waals surface area contributed by atoms with E-state index in [1.165, 1.54) is 12.1 Å². The Morgan fingerprint density at radius 3 is 2.50 bits per heavy atom. The molecule has 1 unspecified atom stereocenters. The first-order valence-electron chi connectivity index (χ1n) is 9.77. The summed E-state index contributed by atoms with van der Waals surface area (Å²) in [6.45, 7) is 5.84. The van der Waals surface area contributed by atoms with Gasteiger partial charge in [-0.1, -0.05) is 23.9 Å². The maximum atomic E-state index is 12.8. The van der Waals surface area contributed by atoms with Crippen molar-refractivity contribution in [2.75, 3.05) is 11.1 Å². The lowest BCUT2D eigenvalue weighted by atomic mass is 10.1. The van der Waals surface area contributed by atoms with E-state index in [9.17, 15) is 18.0 Å². The number of amides is 1. The maximum absolute atomic E-state index is 12.8. The van der Waals surface area contributed by atoms with Crippen LogP contribution in [0.4, 0.5) is 18.9 Å². The maximum Gasteiger partial charge on any atom is 0.416 e. The number of ether oxygens (including phenoxy) is 1. The summed E-state index contributed by atoms with van der Waals surface area (Å²) in [5, 5.41) is 11.2. The van der Waals surface area contributed by atoms with Crippen LogP contribution in [0, 0.1) is 13.8 Å². The standard InChI is InChI=1S/C22H23F3N4O2S/c1-13-8-14(2)10-18(9-13)31-15(3)20-27-28-21(29(20)4)32-12-19(30)26-17-7-5-6-16(11-17)22(23,24)25/h5-11,15H,12H2,1-4H3,(H,26,30). The minimum absolute atomic E-state index is 0.0332. The van der Waals surface area contributed by atoms with Crippen molar-refractivity contribution < 1.29 is 22.7 Å². The van der Waals surface area contributed by atoms with Crippen LogP contribution in [-0.2, 0) is 18.0 Å². The average Bonchev–Trinajstić information content (AvgIpc) is 3.05. The van der Waals surface area contributed by atoms with Gasteiger partial charge >= 0.3 is 6.18 Å². The summed E-state index contributed by atoms with van der Waals surface area (Å²) < 4.78 is 46.2. The number of carbonyl (C=O) groups is 1. The first kappa shape index (κ1) is 23.6. The summed E-state index contributed by atoms with van der Waals surface area (Å²) in [7, 11) is 1.77. The van der Waals surface area contributed by atoms with Gasteiger partial charge in [-0.05, 0) is 62.2 Å². The van der Waals surface area contributed by atoms with Crippen LogP contribution in [-0.4, -0.2) is 26.4 Å². The van der Waals surface area contributed by atoms with Gasteiger partial charge in [0.2, 0.25) is 5.91 Å². The van der Waals surface area contributed by atoms with Crippen LogP contribution in [0.3, 0.4) is 0 Å². The van der Waals surface area contributed by atoms with Crippen LogP contribution in [0.2, 0.25) is 0 Å². The molecule has 1 aromatic heterocycles. The van der Waals surface area contributed by atoms with Crippen molar-refractivity contribution in [1.29, 1.82) is 0 Å². The molecule has 0 aliphatic rings. The fourth-order valence-electron chi connectivity index (χ4n) is 3.16. The first-order valence-corrected chi connectivity index (χ1v) is 10.8. The van der Waals surface area contributed by atoms with Gasteiger partial charge in [-0.2, -0.15) is 13.2 Å². The number of hydrogen-bond acceptors (Lipinski definition) is 5. The van der Waals surface area contributed by atoms with Gasteiger partial charge in [0.1, 0.15) is 5.75 Å². The van der Waals surface area contributed by atoms with Crippen molar-refractivity contribution >= 4 is 23.4 Å². The number of aryl methyl sites for hydroxylation is 2. The van der Waals surface area contributed by atoms with E-state index in [1.807, 2.05) is 32.9 Å². The molecule has 6 nitrogen and oxygen atoms in total. The summed E-state index contributed by atoms with van der Waals surface area (Å²) in [4.78, 5) is 12.2. The molecular formula is C22H23F3N4O2S.